The van der Waals surface area contributed by atoms with Gasteiger partial charge in [0, 0.05) is 12.6 Å². The summed E-state index contributed by atoms with van der Waals surface area (Å²) in [6.45, 7) is -2.13. The van der Waals surface area contributed by atoms with E-state index >= 15 is 0 Å². The maximum absolute atomic E-state index is 12.1. The summed E-state index contributed by atoms with van der Waals surface area (Å²) >= 11 is 0. The van der Waals surface area contributed by atoms with E-state index in [1.54, 1.807) is 24.3 Å². The normalized spacial score (nSPS) is 11.4. The molecule has 0 fully saturated rings. The van der Waals surface area contributed by atoms with Crippen molar-refractivity contribution in [1.82, 2.24) is 5.32 Å². The first-order chi connectivity index (χ1) is 13.8. The average molecular weight is 406 g/mol. The Labute approximate surface area is 166 Å². The van der Waals surface area contributed by atoms with Gasteiger partial charge in [0.2, 0.25) is 5.91 Å². The van der Waals surface area contributed by atoms with Crippen LogP contribution in [0.3, 0.4) is 0 Å². The van der Waals surface area contributed by atoms with Crippen LogP contribution in [0, 0.1) is 0 Å². The van der Waals surface area contributed by atoms with Crippen LogP contribution in [0.5, 0.6) is 5.75 Å². The van der Waals surface area contributed by atoms with Gasteiger partial charge >= 0.3 is 12.6 Å². The van der Waals surface area contributed by atoms with Gasteiger partial charge in [-0.3, -0.25) is 14.4 Å². The fraction of sp³-hybridized carbons (Fsp3) is 0.250. The van der Waals surface area contributed by atoms with E-state index in [-0.39, 0.29) is 18.1 Å². The molecule has 0 bridgehead atoms. The fourth-order valence-electron chi connectivity index (χ4n) is 2.47. The van der Waals surface area contributed by atoms with E-state index < -0.39 is 31.1 Å². The van der Waals surface area contributed by atoms with Crippen molar-refractivity contribution in [3.63, 3.8) is 0 Å². The van der Waals surface area contributed by atoms with Crippen molar-refractivity contribution in [3.8, 4) is 5.75 Å². The molecule has 29 heavy (non-hydrogen) atoms. The molecule has 0 aliphatic rings. The number of alkyl halides is 2. The number of esters is 1. The van der Waals surface area contributed by atoms with Crippen molar-refractivity contribution in [3.05, 3.63) is 60.2 Å². The summed E-state index contributed by atoms with van der Waals surface area (Å²) in [6.07, 6.45) is -0.142. The Hall–Kier alpha value is -3.49. The smallest absolute Gasteiger partial charge is 0.387 e. The maximum Gasteiger partial charge on any atom is 0.387 e. The predicted octanol–water partition coefficient (Wildman–Crippen LogP) is 3.04. The maximum atomic E-state index is 12.1. The Bertz CT molecular complexity index is 829. The zero-order valence-corrected chi connectivity index (χ0v) is 15.6. The molecule has 2 amide bonds. The molecule has 0 aromatic heterocycles. The molecule has 1 atom stereocenters. The lowest BCUT2D eigenvalue weighted by atomic mass is 10.0. The molecule has 0 spiro atoms. The van der Waals surface area contributed by atoms with E-state index in [1.165, 1.54) is 31.2 Å². The molecular weight excluding hydrogens is 386 g/mol. The molecule has 154 valence electrons. The minimum Gasteiger partial charge on any atom is -0.455 e. The lowest BCUT2D eigenvalue weighted by molar-refractivity contribution is -0.148. The minimum atomic E-state index is -2.94. The third kappa shape index (κ3) is 7.96. The molecule has 0 aliphatic carbocycles. The Balaban J connectivity index is 1.84. The number of nitrogens with one attached hydrogen (secondary N) is 2. The number of carbonyl (C=O) groups excluding carboxylic acids is 3. The Morgan fingerprint density at radius 1 is 1.00 bits per heavy atom. The summed E-state index contributed by atoms with van der Waals surface area (Å²) in [5, 5.41) is 5.13. The molecule has 0 radical (unpaired) electrons. The van der Waals surface area contributed by atoms with Crippen molar-refractivity contribution in [2.24, 2.45) is 0 Å². The van der Waals surface area contributed by atoms with E-state index in [9.17, 15) is 23.2 Å². The number of carbonyl (C=O) groups is 3. The van der Waals surface area contributed by atoms with Gasteiger partial charge in [-0.05, 0) is 29.8 Å². The van der Waals surface area contributed by atoms with Crippen LogP contribution >= 0.6 is 0 Å². The second kappa shape index (κ2) is 10.7. The highest BCUT2D eigenvalue weighted by Gasteiger charge is 2.18. The van der Waals surface area contributed by atoms with E-state index in [2.05, 4.69) is 15.4 Å². The van der Waals surface area contributed by atoms with Crippen LogP contribution < -0.4 is 15.4 Å². The predicted molar refractivity (Wildman–Crippen MR) is 100 cm³/mol. The zero-order valence-electron chi connectivity index (χ0n) is 15.6. The van der Waals surface area contributed by atoms with E-state index in [4.69, 9.17) is 4.74 Å². The van der Waals surface area contributed by atoms with Crippen molar-refractivity contribution in [1.29, 1.82) is 0 Å². The first kappa shape index (κ1) is 21.8. The van der Waals surface area contributed by atoms with E-state index in [0.29, 0.717) is 5.69 Å². The summed E-state index contributed by atoms with van der Waals surface area (Å²) in [5.41, 5.74) is 1.06. The Kier molecular flexibility index (Phi) is 8.08. The number of hydrogen-bond acceptors (Lipinski definition) is 5. The van der Waals surface area contributed by atoms with Gasteiger partial charge < -0.3 is 20.1 Å². The highest BCUT2D eigenvalue weighted by atomic mass is 19.3. The minimum absolute atomic E-state index is 0.0469. The van der Waals surface area contributed by atoms with Crippen molar-refractivity contribution in [2.75, 3.05) is 11.9 Å². The number of ether oxygens (including phenoxy) is 2. The molecule has 9 heteroatoms. The first-order valence-electron chi connectivity index (χ1n) is 8.66. The van der Waals surface area contributed by atoms with Gasteiger partial charge in [0.15, 0.2) is 6.61 Å². The van der Waals surface area contributed by atoms with Crippen LogP contribution in [0.25, 0.3) is 0 Å². The SMILES string of the molecule is CC(=O)NC(CC(=O)OCC(=O)Nc1ccc(OC(F)F)cc1)c1ccccc1. The highest BCUT2D eigenvalue weighted by Crippen LogP contribution is 2.18. The summed E-state index contributed by atoms with van der Waals surface area (Å²) in [5.74, 6) is -1.61. The monoisotopic (exact) mass is 406 g/mol. The highest BCUT2D eigenvalue weighted by molar-refractivity contribution is 5.92. The number of amides is 2. The third-order valence-corrected chi connectivity index (χ3v) is 3.68. The number of anilines is 1. The molecular formula is C20H20F2N2O5. The molecule has 0 saturated heterocycles. The molecule has 1 unspecified atom stereocenters. The van der Waals surface area contributed by atoms with Gasteiger partial charge in [-0.2, -0.15) is 8.78 Å². The number of halogens is 2. The largest absolute Gasteiger partial charge is 0.455 e. The second-order valence-corrected chi connectivity index (χ2v) is 5.98. The summed E-state index contributed by atoms with van der Waals surface area (Å²) in [4.78, 5) is 35.4. The lowest BCUT2D eigenvalue weighted by Gasteiger charge is -2.17. The first-order valence-corrected chi connectivity index (χ1v) is 8.66. The summed E-state index contributed by atoms with van der Waals surface area (Å²) < 4.78 is 33.4. The molecule has 2 rings (SSSR count). The van der Waals surface area contributed by atoms with Crippen molar-refractivity contribution < 1.29 is 32.6 Å². The van der Waals surface area contributed by atoms with Gasteiger partial charge in [0.05, 0.1) is 12.5 Å². The standard InChI is InChI=1S/C20H20F2N2O5/c1-13(25)23-17(14-5-3-2-4-6-14)11-19(27)28-12-18(26)24-15-7-9-16(10-8-15)29-20(21)22/h2-10,17,20H,11-12H2,1H3,(H,23,25)(H,24,26). The molecule has 2 N–H and O–H groups in total. The molecule has 0 aliphatic heterocycles. The van der Waals surface area contributed by atoms with Crippen LogP contribution in [0.4, 0.5) is 14.5 Å². The van der Waals surface area contributed by atoms with Gasteiger partial charge in [0.1, 0.15) is 5.75 Å². The third-order valence-electron chi connectivity index (χ3n) is 3.68. The van der Waals surface area contributed by atoms with E-state index in [0.717, 1.165) is 5.56 Å². The zero-order chi connectivity index (χ0) is 21.2. The lowest BCUT2D eigenvalue weighted by Crippen LogP contribution is -2.29. The topological polar surface area (TPSA) is 93.7 Å². The van der Waals surface area contributed by atoms with Crippen molar-refractivity contribution >= 4 is 23.5 Å². The number of rotatable bonds is 9. The number of hydrogen-bond donors (Lipinski definition) is 2. The number of benzene rings is 2. The van der Waals surface area contributed by atoms with Crippen LogP contribution in [-0.2, 0) is 19.1 Å². The summed E-state index contributed by atoms with van der Waals surface area (Å²) in [7, 11) is 0. The Morgan fingerprint density at radius 2 is 1.66 bits per heavy atom. The van der Waals surface area contributed by atoms with E-state index in [1.807, 2.05) is 6.07 Å². The van der Waals surface area contributed by atoms with Crippen molar-refractivity contribution in [2.45, 2.75) is 26.0 Å². The molecule has 2 aromatic carbocycles. The van der Waals surface area contributed by atoms with Gasteiger partial charge in [-0.15, -0.1) is 0 Å². The quantitative estimate of drug-likeness (QED) is 0.625. The molecule has 0 saturated carbocycles. The summed E-state index contributed by atoms with van der Waals surface area (Å²) in [6, 6.07) is 13.6. The Morgan fingerprint density at radius 3 is 2.24 bits per heavy atom. The van der Waals surface area contributed by atoms with Crippen LogP contribution in [0.15, 0.2) is 54.6 Å². The van der Waals surface area contributed by atoms with Crippen LogP contribution in [0.1, 0.15) is 24.9 Å². The molecule has 2 aromatic rings. The fourth-order valence-corrected chi connectivity index (χ4v) is 2.47. The van der Waals surface area contributed by atoms with Crippen LogP contribution in [0.2, 0.25) is 0 Å². The van der Waals surface area contributed by atoms with Gasteiger partial charge in [-0.25, -0.2) is 0 Å². The molecule has 7 nitrogen and oxygen atoms in total. The second-order valence-electron chi connectivity index (χ2n) is 5.98. The van der Waals surface area contributed by atoms with Gasteiger partial charge in [-0.1, -0.05) is 30.3 Å². The average Bonchev–Trinajstić information content (AvgIpc) is 2.67. The van der Waals surface area contributed by atoms with Gasteiger partial charge in [0.25, 0.3) is 5.91 Å². The molecule has 0 heterocycles. The van der Waals surface area contributed by atoms with Crippen LogP contribution in [-0.4, -0.2) is 31.0 Å².